The number of halogens is 1. The second-order valence-corrected chi connectivity index (χ2v) is 4.37. The number of unbranched alkanes of at least 4 members (excludes halogenated alkanes) is 1. The zero-order valence-corrected chi connectivity index (χ0v) is 11.7. The van der Waals surface area contributed by atoms with Crippen LogP contribution in [0.1, 0.15) is 25.3 Å². The molecule has 0 aliphatic rings. The van der Waals surface area contributed by atoms with E-state index >= 15 is 0 Å². The lowest BCUT2D eigenvalue weighted by Gasteiger charge is -2.13. The molecule has 0 atom stereocenters. The molecule has 94 valence electrons. The van der Waals surface area contributed by atoms with Crippen molar-refractivity contribution in [2.75, 3.05) is 13.7 Å². The van der Waals surface area contributed by atoms with E-state index in [9.17, 15) is 0 Å². The van der Waals surface area contributed by atoms with E-state index in [0.717, 1.165) is 28.6 Å². The topological polar surface area (TPSA) is 56.8 Å². The molecule has 0 amide bonds. The molecule has 0 bridgehead atoms. The molecule has 1 rings (SSSR count). The van der Waals surface area contributed by atoms with Crippen molar-refractivity contribution in [1.82, 2.24) is 0 Å². The Morgan fingerprint density at radius 3 is 2.82 bits per heavy atom. The molecule has 5 heteroatoms. The Balaban J connectivity index is 2.95. The standard InChI is InChI=1S/C12H17BrN2O2/c1-3-4-5-17-12-10(13)6-9(8-15-14)7-11(12)16-2/h6-8H,3-5,14H2,1-2H3. The number of ether oxygens (including phenoxy) is 2. The lowest BCUT2D eigenvalue weighted by atomic mass is 10.2. The van der Waals surface area contributed by atoms with Gasteiger partial charge in [0.1, 0.15) is 0 Å². The van der Waals surface area contributed by atoms with Crippen LogP contribution >= 0.6 is 15.9 Å². The largest absolute Gasteiger partial charge is 0.493 e. The Hall–Kier alpha value is -1.23. The first kappa shape index (κ1) is 13.8. The first-order valence-electron chi connectivity index (χ1n) is 5.46. The molecule has 0 heterocycles. The smallest absolute Gasteiger partial charge is 0.175 e. The van der Waals surface area contributed by atoms with Crippen molar-refractivity contribution in [1.29, 1.82) is 0 Å². The molecule has 0 fully saturated rings. The maximum atomic E-state index is 5.68. The average Bonchev–Trinajstić information content (AvgIpc) is 2.32. The summed E-state index contributed by atoms with van der Waals surface area (Å²) in [5, 5.41) is 3.49. The van der Waals surface area contributed by atoms with E-state index in [1.165, 1.54) is 0 Å². The Morgan fingerprint density at radius 1 is 1.47 bits per heavy atom. The summed E-state index contributed by atoms with van der Waals surface area (Å²) < 4.78 is 11.8. The van der Waals surface area contributed by atoms with Gasteiger partial charge < -0.3 is 15.3 Å². The molecular weight excluding hydrogens is 284 g/mol. The molecule has 1 aromatic rings. The minimum atomic E-state index is 0.672. The van der Waals surface area contributed by atoms with Crippen molar-refractivity contribution in [2.45, 2.75) is 19.8 Å². The molecular formula is C12H17BrN2O2. The lowest BCUT2D eigenvalue weighted by molar-refractivity contribution is 0.286. The summed E-state index contributed by atoms with van der Waals surface area (Å²) in [4.78, 5) is 0. The van der Waals surface area contributed by atoms with Crippen LogP contribution < -0.4 is 15.3 Å². The van der Waals surface area contributed by atoms with Crippen molar-refractivity contribution in [3.63, 3.8) is 0 Å². The Morgan fingerprint density at radius 2 is 2.24 bits per heavy atom. The molecule has 4 nitrogen and oxygen atoms in total. The number of hydrazone groups is 1. The van der Waals surface area contributed by atoms with Crippen LogP contribution in [0.15, 0.2) is 21.7 Å². The number of hydrogen-bond donors (Lipinski definition) is 1. The fraction of sp³-hybridized carbons (Fsp3) is 0.417. The third-order valence-electron chi connectivity index (χ3n) is 2.22. The van der Waals surface area contributed by atoms with Crippen molar-refractivity contribution in [3.05, 3.63) is 22.2 Å². The number of benzene rings is 1. The molecule has 0 saturated heterocycles. The molecule has 0 aliphatic carbocycles. The second kappa shape index (κ2) is 7.17. The van der Waals surface area contributed by atoms with Crippen LogP contribution in [0.5, 0.6) is 11.5 Å². The monoisotopic (exact) mass is 300 g/mol. The third-order valence-corrected chi connectivity index (χ3v) is 2.81. The van der Waals surface area contributed by atoms with Gasteiger partial charge in [0.25, 0.3) is 0 Å². The molecule has 17 heavy (non-hydrogen) atoms. The number of methoxy groups -OCH3 is 1. The molecule has 0 saturated carbocycles. The maximum absolute atomic E-state index is 5.68. The summed E-state index contributed by atoms with van der Waals surface area (Å²) in [6.45, 7) is 2.80. The van der Waals surface area contributed by atoms with E-state index in [0.29, 0.717) is 12.4 Å². The van der Waals surface area contributed by atoms with Gasteiger partial charge in [-0.25, -0.2) is 0 Å². The minimum Gasteiger partial charge on any atom is -0.493 e. The Labute approximate surface area is 110 Å². The van der Waals surface area contributed by atoms with Crippen LogP contribution in [0.25, 0.3) is 0 Å². The van der Waals surface area contributed by atoms with Crippen LogP contribution in [-0.4, -0.2) is 19.9 Å². The van der Waals surface area contributed by atoms with E-state index in [1.807, 2.05) is 12.1 Å². The molecule has 1 aromatic carbocycles. The maximum Gasteiger partial charge on any atom is 0.175 e. The van der Waals surface area contributed by atoms with Gasteiger partial charge in [-0.2, -0.15) is 5.10 Å². The van der Waals surface area contributed by atoms with Crippen molar-refractivity contribution in [2.24, 2.45) is 10.9 Å². The van der Waals surface area contributed by atoms with Gasteiger partial charge in [-0.15, -0.1) is 0 Å². The summed E-state index contributed by atoms with van der Waals surface area (Å²) in [6, 6.07) is 3.72. The third kappa shape index (κ3) is 3.93. The SMILES string of the molecule is CCCCOc1c(Br)cc(C=NN)cc1OC. The average molecular weight is 301 g/mol. The summed E-state index contributed by atoms with van der Waals surface area (Å²) in [5.41, 5.74) is 0.860. The molecule has 0 unspecified atom stereocenters. The highest BCUT2D eigenvalue weighted by atomic mass is 79.9. The van der Waals surface area contributed by atoms with Gasteiger partial charge in [0.15, 0.2) is 11.5 Å². The summed E-state index contributed by atoms with van der Waals surface area (Å²) in [7, 11) is 1.61. The first-order chi connectivity index (χ1) is 8.22. The number of rotatable bonds is 6. The van der Waals surface area contributed by atoms with Crippen LogP contribution in [-0.2, 0) is 0 Å². The number of nitrogens with zero attached hydrogens (tertiary/aromatic N) is 1. The quantitative estimate of drug-likeness (QED) is 0.380. The zero-order chi connectivity index (χ0) is 12.7. The van der Waals surface area contributed by atoms with Gasteiger partial charge in [0, 0.05) is 0 Å². The van der Waals surface area contributed by atoms with E-state index in [2.05, 4.69) is 28.0 Å². The van der Waals surface area contributed by atoms with Gasteiger partial charge in [0.2, 0.25) is 0 Å². The fourth-order valence-electron chi connectivity index (χ4n) is 1.36. The predicted molar refractivity (Wildman–Crippen MR) is 72.9 cm³/mol. The van der Waals surface area contributed by atoms with Gasteiger partial charge >= 0.3 is 0 Å². The van der Waals surface area contributed by atoms with Gasteiger partial charge in [-0.1, -0.05) is 13.3 Å². The summed E-state index contributed by atoms with van der Waals surface area (Å²) in [6.07, 6.45) is 3.67. The Kier molecular flexibility index (Phi) is 5.83. The summed E-state index contributed by atoms with van der Waals surface area (Å²) in [5.74, 6) is 6.51. The molecule has 0 spiro atoms. The number of hydrogen-bond acceptors (Lipinski definition) is 4. The minimum absolute atomic E-state index is 0.672. The van der Waals surface area contributed by atoms with Crippen LogP contribution in [0.2, 0.25) is 0 Å². The lowest BCUT2D eigenvalue weighted by Crippen LogP contribution is -2.00. The molecule has 0 radical (unpaired) electrons. The van der Waals surface area contributed by atoms with Crippen molar-refractivity contribution >= 4 is 22.1 Å². The predicted octanol–water partition coefficient (Wildman–Crippen LogP) is 2.93. The zero-order valence-electron chi connectivity index (χ0n) is 10.1. The molecule has 2 N–H and O–H groups in total. The normalized spacial score (nSPS) is 10.8. The van der Waals surface area contributed by atoms with E-state index in [4.69, 9.17) is 15.3 Å². The van der Waals surface area contributed by atoms with Gasteiger partial charge in [-0.3, -0.25) is 0 Å². The summed E-state index contributed by atoms with van der Waals surface area (Å²) >= 11 is 3.45. The molecule has 0 aromatic heterocycles. The number of nitrogens with two attached hydrogens (primary N) is 1. The fourth-order valence-corrected chi connectivity index (χ4v) is 1.93. The van der Waals surface area contributed by atoms with Crippen LogP contribution in [0, 0.1) is 0 Å². The van der Waals surface area contributed by atoms with E-state index in [-0.39, 0.29) is 0 Å². The van der Waals surface area contributed by atoms with E-state index in [1.54, 1.807) is 13.3 Å². The van der Waals surface area contributed by atoms with Gasteiger partial charge in [-0.05, 0) is 40.0 Å². The Bertz CT molecular complexity index is 394. The highest BCUT2D eigenvalue weighted by Gasteiger charge is 2.10. The van der Waals surface area contributed by atoms with Crippen LogP contribution in [0.3, 0.4) is 0 Å². The molecule has 0 aliphatic heterocycles. The first-order valence-corrected chi connectivity index (χ1v) is 6.25. The highest BCUT2D eigenvalue weighted by Crippen LogP contribution is 2.36. The van der Waals surface area contributed by atoms with Gasteiger partial charge in [0.05, 0.1) is 24.4 Å². The van der Waals surface area contributed by atoms with Crippen molar-refractivity contribution < 1.29 is 9.47 Å². The second-order valence-electron chi connectivity index (χ2n) is 3.51. The van der Waals surface area contributed by atoms with E-state index < -0.39 is 0 Å². The highest BCUT2D eigenvalue weighted by molar-refractivity contribution is 9.10. The van der Waals surface area contributed by atoms with Crippen molar-refractivity contribution in [3.8, 4) is 11.5 Å². The van der Waals surface area contributed by atoms with Crippen LogP contribution in [0.4, 0.5) is 0 Å².